The Morgan fingerprint density at radius 3 is 2.85 bits per heavy atom. The minimum absolute atomic E-state index is 0.0314. The zero-order chi connectivity index (χ0) is 23.3. The Hall–Kier alpha value is -2.65. The van der Waals surface area contributed by atoms with Crippen LogP contribution in [0.2, 0.25) is 0 Å². The van der Waals surface area contributed by atoms with Crippen molar-refractivity contribution in [1.29, 1.82) is 0 Å². The number of nitrogens with zero attached hydrogens (tertiary/aromatic N) is 1. The number of carbonyl (C=O) groups is 1. The Bertz CT molecular complexity index is 1220. The lowest BCUT2D eigenvalue weighted by molar-refractivity contribution is 0.0692. The molecule has 0 amide bonds. The van der Waals surface area contributed by atoms with Crippen LogP contribution in [-0.4, -0.2) is 50.6 Å². The second kappa shape index (κ2) is 8.29. The molecule has 2 aromatic rings. The fourth-order valence-electron chi connectivity index (χ4n) is 5.19. The predicted octanol–water partition coefficient (Wildman–Crippen LogP) is 3.70. The Balaban J connectivity index is 1.47. The molecule has 176 valence electrons. The molecule has 2 fully saturated rings. The summed E-state index contributed by atoms with van der Waals surface area (Å²) in [5.74, 6) is -0.599. The maximum absolute atomic E-state index is 14.1. The first kappa shape index (κ1) is 22.2. The molecule has 2 aromatic carbocycles. The lowest BCUT2D eigenvalue weighted by Crippen LogP contribution is -2.22. The predicted molar refractivity (Wildman–Crippen MR) is 121 cm³/mol. The van der Waals surface area contributed by atoms with Crippen LogP contribution in [0.4, 0.5) is 10.1 Å². The van der Waals surface area contributed by atoms with E-state index in [2.05, 4.69) is 16.5 Å². The van der Waals surface area contributed by atoms with E-state index in [9.17, 15) is 22.7 Å². The maximum atomic E-state index is 14.1. The van der Waals surface area contributed by atoms with E-state index in [1.54, 1.807) is 6.07 Å². The van der Waals surface area contributed by atoms with E-state index in [1.165, 1.54) is 18.2 Å². The number of fused-ring (bicyclic) bond motifs is 3. The summed E-state index contributed by atoms with van der Waals surface area (Å²) in [6.45, 7) is 5.22. The monoisotopic (exact) mass is 474 g/mol. The van der Waals surface area contributed by atoms with Gasteiger partial charge in [0, 0.05) is 12.5 Å². The van der Waals surface area contributed by atoms with Gasteiger partial charge in [0.1, 0.15) is 17.1 Å². The van der Waals surface area contributed by atoms with Gasteiger partial charge in [0.2, 0.25) is 0 Å². The highest BCUT2D eigenvalue weighted by Crippen LogP contribution is 2.55. The van der Waals surface area contributed by atoms with Gasteiger partial charge in [-0.25, -0.2) is 17.6 Å². The molecular weight excluding hydrogens is 447 g/mol. The molecule has 3 atom stereocenters. The first-order valence-electron chi connectivity index (χ1n) is 11.3. The highest BCUT2D eigenvalue weighted by Gasteiger charge is 2.45. The molecule has 3 aliphatic rings. The number of carboxylic acid groups (broad SMARTS) is 1. The first-order valence-corrected chi connectivity index (χ1v) is 12.8. The normalized spacial score (nSPS) is 24.0. The third-order valence-corrected chi connectivity index (χ3v) is 8.51. The lowest BCUT2D eigenvalue weighted by Gasteiger charge is -2.21. The molecule has 2 aliphatic heterocycles. The second-order valence-corrected chi connectivity index (χ2v) is 10.9. The molecule has 33 heavy (non-hydrogen) atoms. The molecule has 7 nitrogen and oxygen atoms in total. The smallest absolute Gasteiger partial charge is 0.341 e. The number of benzene rings is 2. The highest BCUT2D eigenvalue weighted by molar-refractivity contribution is 7.92. The molecule has 5 rings (SSSR count). The first-order chi connectivity index (χ1) is 15.8. The summed E-state index contributed by atoms with van der Waals surface area (Å²) < 4.78 is 48.9. The molecular formula is C24H27FN2O5S. The SMILES string of the molecule is CCN1CCC(Cc2cc(F)ccc2S(=O)(=O)Nc2ccc3c(c2C(=O)O)OCC2CC32)C1. The number of halogens is 1. The van der Waals surface area contributed by atoms with Crippen molar-refractivity contribution >= 4 is 21.7 Å². The number of rotatable bonds is 7. The molecule has 1 saturated carbocycles. The van der Waals surface area contributed by atoms with Crippen LogP contribution >= 0.6 is 0 Å². The number of likely N-dealkylation sites (tertiary alicyclic amines) is 1. The summed E-state index contributed by atoms with van der Waals surface area (Å²) in [5, 5.41) is 9.85. The van der Waals surface area contributed by atoms with Crippen LogP contribution in [0.15, 0.2) is 35.2 Å². The summed E-state index contributed by atoms with van der Waals surface area (Å²) in [4.78, 5) is 14.3. The van der Waals surface area contributed by atoms with Crippen molar-refractivity contribution in [3.63, 3.8) is 0 Å². The van der Waals surface area contributed by atoms with E-state index in [0.29, 0.717) is 24.5 Å². The van der Waals surface area contributed by atoms with Crippen LogP contribution in [0.1, 0.15) is 47.2 Å². The minimum atomic E-state index is -4.16. The summed E-state index contributed by atoms with van der Waals surface area (Å²) in [6.07, 6.45) is 2.31. The largest absolute Gasteiger partial charge is 0.492 e. The molecule has 0 radical (unpaired) electrons. The fourth-order valence-corrected chi connectivity index (χ4v) is 6.50. The number of hydrogen-bond donors (Lipinski definition) is 2. The number of nitrogens with one attached hydrogen (secondary N) is 1. The highest BCUT2D eigenvalue weighted by atomic mass is 32.2. The Morgan fingerprint density at radius 1 is 1.30 bits per heavy atom. The average molecular weight is 475 g/mol. The lowest BCUT2D eigenvalue weighted by atomic mass is 9.98. The van der Waals surface area contributed by atoms with E-state index in [4.69, 9.17) is 4.74 Å². The number of aromatic carboxylic acids is 1. The van der Waals surface area contributed by atoms with Crippen LogP contribution < -0.4 is 9.46 Å². The van der Waals surface area contributed by atoms with E-state index in [1.807, 2.05) is 0 Å². The van der Waals surface area contributed by atoms with E-state index in [-0.39, 0.29) is 33.7 Å². The standard InChI is InChI=1S/C24H27FN2O5S/c1-2-27-8-7-14(12-27)9-15-10-17(25)3-6-21(15)33(30,31)26-20-5-4-18-19-11-16(19)13-32-23(18)22(20)24(28)29/h3-6,10,14,16,19,26H,2,7-9,11-13H2,1H3,(H,28,29). The molecule has 0 spiro atoms. The van der Waals surface area contributed by atoms with Gasteiger partial charge in [0.15, 0.2) is 0 Å². The zero-order valence-corrected chi connectivity index (χ0v) is 19.2. The fraction of sp³-hybridized carbons (Fsp3) is 0.458. The van der Waals surface area contributed by atoms with Crippen LogP contribution in [0.25, 0.3) is 0 Å². The van der Waals surface area contributed by atoms with Crippen LogP contribution in [-0.2, 0) is 16.4 Å². The van der Waals surface area contributed by atoms with Gasteiger partial charge in [0.05, 0.1) is 17.2 Å². The molecule has 1 saturated heterocycles. The number of ether oxygens (including phenoxy) is 1. The summed E-state index contributed by atoms with van der Waals surface area (Å²) >= 11 is 0. The van der Waals surface area contributed by atoms with Gasteiger partial charge in [-0.1, -0.05) is 13.0 Å². The van der Waals surface area contributed by atoms with Crippen LogP contribution in [0, 0.1) is 17.7 Å². The van der Waals surface area contributed by atoms with E-state index >= 15 is 0 Å². The van der Waals surface area contributed by atoms with Crippen LogP contribution in [0.5, 0.6) is 5.75 Å². The zero-order valence-electron chi connectivity index (χ0n) is 18.4. The van der Waals surface area contributed by atoms with Crippen molar-refractivity contribution < 1.29 is 27.4 Å². The van der Waals surface area contributed by atoms with Crippen molar-refractivity contribution in [2.75, 3.05) is 31.0 Å². The van der Waals surface area contributed by atoms with Gasteiger partial charge >= 0.3 is 5.97 Å². The van der Waals surface area contributed by atoms with Gasteiger partial charge in [-0.15, -0.1) is 0 Å². The Morgan fingerprint density at radius 2 is 2.12 bits per heavy atom. The third-order valence-electron chi connectivity index (χ3n) is 7.05. The molecule has 1 aliphatic carbocycles. The Kier molecular flexibility index (Phi) is 5.56. The van der Waals surface area contributed by atoms with Crippen molar-refractivity contribution in [3.8, 4) is 5.75 Å². The van der Waals surface area contributed by atoms with Crippen molar-refractivity contribution in [2.24, 2.45) is 11.8 Å². The van der Waals surface area contributed by atoms with Gasteiger partial charge in [0.25, 0.3) is 10.0 Å². The topological polar surface area (TPSA) is 95.9 Å². The molecule has 0 bridgehead atoms. The van der Waals surface area contributed by atoms with Crippen molar-refractivity contribution in [1.82, 2.24) is 4.90 Å². The van der Waals surface area contributed by atoms with Crippen LogP contribution in [0.3, 0.4) is 0 Å². The Labute approximate surface area is 192 Å². The van der Waals surface area contributed by atoms with Crippen molar-refractivity contribution in [2.45, 2.75) is 37.0 Å². The molecule has 3 unspecified atom stereocenters. The molecule has 2 heterocycles. The summed E-state index contributed by atoms with van der Waals surface area (Å²) in [5.41, 5.74) is 0.987. The summed E-state index contributed by atoms with van der Waals surface area (Å²) in [7, 11) is -4.16. The third kappa shape index (κ3) is 4.19. The number of carboxylic acids is 1. The van der Waals surface area contributed by atoms with Gasteiger partial charge in [-0.05, 0) is 79.6 Å². The van der Waals surface area contributed by atoms with E-state index < -0.39 is 21.8 Å². The second-order valence-electron chi connectivity index (χ2n) is 9.23. The number of anilines is 1. The van der Waals surface area contributed by atoms with Gasteiger partial charge in [-0.2, -0.15) is 0 Å². The maximum Gasteiger partial charge on any atom is 0.341 e. The molecule has 0 aromatic heterocycles. The summed E-state index contributed by atoms with van der Waals surface area (Å²) in [6, 6.07) is 6.87. The quantitative estimate of drug-likeness (QED) is 0.635. The van der Waals surface area contributed by atoms with Crippen molar-refractivity contribution in [3.05, 3.63) is 52.8 Å². The number of hydrogen-bond acceptors (Lipinski definition) is 5. The molecule has 2 N–H and O–H groups in total. The van der Waals surface area contributed by atoms with E-state index in [0.717, 1.165) is 44.1 Å². The molecule has 9 heteroatoms. The minimum Gasteiger partial charge on any atom is -0.492 e. The number of sulfonamides is 1. The van der Waals surface area contributed by atoms with Gasteiger partial charge < -0.3 is 14.7 Å². The average Bonchev–Trinajstić information content (AvgIpc) is 3.43. The van der Waals surface area contributed by atoms with Gasteiger partial charge in [-0.3, -0.25) is 4.72 Å².